The molecule has 3 N–H and O–H groups in total. The van der Waals surface area contributed by atoms with Crippen molar-refractivity contribution in [2.75, 3.05) is 6.54 Å². The Balaban J connectivity index is 0.000000321. The first-order valence-corrected chi connectivity index (χ1v) is 8.54. The van der Waals surface area contributed by atoms with Crippen LogP contribution in [0.2, 0.25) is 0 Å². The van der Waals surface area contributed by atoms with Crippen LogP contribution in [0, 0.1) is 6.92 Å². The van der Waals surface area contributed by atoms with Gasteiger partial charge in [0.15, 0.2) is 0 Å². The topological polar surface area (TPSA) is 122 Å². The summed E-state index contributed by atoms with van der Waals surface area (Å²) in [6.07, 6.45) is -4.11. The molecule has 0 aliphatic carbocycles. The summed E-state index contributed by atoms with van der Waals surface area (Å²) in [4.78, 5) is 20.8. The monoisotopic (exact) mass is 406 g/mol. The molecule has 0 aromatic carbocycles. The van der Waals surface area contributed by atoms with E-state index in [2.05, 4.69) is 25.9 Å². The summed E-state index contributed by atoms with van der Waals surface area (Å²) >= 11 is 1.29. The zero-order chi connectivity index (χ0) is 20.2. The van der Waals surface area contributed by atoms with Crippen molar-refractivity contribution in [2.24, 2.45) is 7.05 Å². The molecule has 0 atom stereocenters. The lowest BCUT2D eigenvalue weighted by molar-refractivity contribution is -0.192. The summed E-state index contributed by atoms with van der Waals surface area (Å²) in [5.41, 5.74) is 3.37. The summed E-state index contributed by atoms with van der Waals surface area (Å²) in [6.45, 7) is 4.03. The lowest BCUT2D eigenvalue weighted by atomic mass is 10.1. The van der Waals surface area contributed by atoms with E-state index in [0.717, 1.165) is 30.2 Å². The zero-order valence-electron chi connectivity index (χ0n) is 14.4. The van der Waals surface area contributed by atoms with Gasteiger partial charge < -0.3 is 15.7 Å². The highest BCUT2D eigenvalue weighted by Gasteiger charge is 2.38. The number of carbonyl (C=O) groups is 2. The Hall–Kier alpha value is -2.54. The number of fused-ring (bicyclic) bond motifs is 1. The van der Waals surface area contributed by atoms with Crippen LogP contribution in [-0.4, -0.2) is 49.7 Å². The van der Waals surface area contributed by atoms with Crippen molar-refractivity contribution in [2.45, 2.75) is 32.6 Å². The summed E-state index contributed by atoms with van der Waals surface area (Å²) in [6, 6.07) is 0. The van der Waals surface area contributed by atoms with E-state index < -0.39 is 12.1 Å². The van der Waals surface area contributed by atoms with Crippen LogP contribution in [0.15, 0.2) is 0 Å². The number of carboxylic acid groups (broad SMARTS) is 1. The standard InChI is InChI=1S/C12H16N6OS.C2HF3O2/c1-7-15-16-12(20-7)11(19)14-6-9-8-5-13-4-3-10(8)18(2)17-9;3-2(4,5)1(6)7/h13H,3-6H2,1-2H3,(H,14,19);(H,6,7). The number of aromatic nitrogens is 4. The summed E-state index contributed by atoms with van der Waals surface area (Å²) in [5.74, 6) is -2.95. The van der Waals surface area contributed by atoms with Crippen LogP contribution >= 0.6 is 11.3 Å². The maximum absolute atomic E-state index is 12.0. The van der Waals surface area contributed by atoms with Crippen molar-refractivity contribution in [3.63, 3.8) is 0 Å². The first kappa shape index (κ1) is 20.8. The van der Waals surface area contributed by atoms with Gasteiger partial charge in [0.25, 0.3) is 5.91 Å². The molecule has 9 nitrogen and oxygen atoms in total. The maximum Gasteiger partial charge on any atom is 0.490 e. The Kier molecular flexibility index (Phi) is 6.49. The second-order valence-corrected chi connectivity index (χ2v) is 6.72. The Bertz CT molecular complexity index is 833. The fourth-order valence-electron chi connectivity index (χ4n) is 2.37. The average Bonchev–Trinajstić information content (AvgIpc) is 3.17. The third kappa shape index (κ3) is 5.47. The minimum Gasteiger partial charge on any atom is -0.475 e. The van der Waals surface area contributed by atoms with Gasteiger partial charge in [0.05, 0.1) is 12.2 Å². The average molecular weight is 406 g/mol. The van der Waals surface area contributed by atoms with Crippen LogP contribution in [0.5, 0.6) is 0 Å². The van der Waals surface area contributed by atoms with E-state index >= 15 is 0 Å². The Labute approximate surface area is 155 Å². The molecule has 0 saturated carbocycles. The fourth-order valence-corrected chi connectivity index (χ4v) is 2.98. The molecular formula is C14H17F3N6O3S. The van der Waals surface area contributed by atoms with Gasteiger partial charge in [-0.1, -0.05) is 11.3 Å². The second kappa shape index (κ2) is 8.43. The smallest absolute Gasteiger partial charge is 0.475 e. The van der Waals surface area contributed by atoms with Crippen LogP contribution < -0.4 is 10.6 Å². The summed E-state index contributed by atoms with van der Waals surface area (Å²) < 4.78 is 33.6. The first-order valence-electron chi connectivity index (χ1n) is 7.72. The summed E-state index contributed by atoms with van der Waals surface area (Å²) in [7, 11) is 1.95. The quantitative estimate of drug-likeness (QED) is 0.689. The molecule has 1 aliphatic rings. The van der Waals surface area contributed by atoms with Crippen molar-refractivity contribution < 1.29 is 27.9 Å². The zero-order valence-corrected chi connectivity index (χ0v) is 15.2. The maximum atomic E-state index is 12.0. The Morgan fingerprint density at radius 2 is 2.04 bits per heavy atom. The van der Waals surface area contributed by atoms with Gasteiger partial charge in [-0.2, -0.15) is 18.3 Å². The van der Waals surface area contributed by atoms with Crippen LogP contribution in [0.25, 0.3) is 0 Å². The number of rotatable bonds is 3. The number of nitrogens with zero attached hydrogens (tertiary/aromatic N) is 4. The molecule has 0 unspecified atom stereocenters. The van der Waals surface area contributed by atoms with Crippen molar-refractivity contribution >= 4 is 23.2 Å². The lowest BCUT2D eigenvalue weighted by Crippen LogP contribution is -2.27. The highest BCUT2D eigenvalue weighted by Crippen LogP contribution is 2.17. The molecule has 1 amide bonds. The molecule has 3 heterocycles. The number of aryl methyl sites for hydroxylation is 2. The number of carbonyl (C=O) groups excluding carboxylic acids is 1. The third-order valence-electron chi connectivity index (χ3n) is 3.58. The molecule has 1 aliphatic heterocycles. The highest BCUT2D eigenvalue weighted by atomic mass is 32.1. The molecule has 3 rings (SSSR count). The van der Waals surface area contributed by atoms with E-state index in [1.165, 1.54) is 22.6 Å². The van der Waals surface area contributed by atoms with E-state index in [-0.39, 0.29) is 5.91 Å². The number of hydrogen-bond acceptors (Lipinski definition) is 7. The molecule has 27 heavy (non-hydrogen) atoms. The molecule has 13 heteroatoms. The molecular weight excluding hydrogens is 389 g/mol. The van der Waals surface area contributed by atoms with Gasteiger partial charge in [-0.3, -0.25) is 9.48 Å². The van der Waals surface area contributed by atoms with Crippen molar-refractivity contribution in [1.82, 2.24) is 30.6 Å². The normalized spacial score (nSPS) is 13.4. The Morgan fingerprint density at radius 1 is 1.37 bits per heavy atom. The molecule has 2 aromatic heterocycles. The van der Waals surface area contributed by atoms with E-state index in [1.54, 1.807) is 0 Å². The molecule has 0 fully saturated rings. The van der Waals surface area contributed by atoms with E-state index in [4.69, 9.17) is 9.90 Å². The number of nitrogens with one attached hydrogen (secondary N) is 2. The van der Waals surface area contributed by atoms with Crippen LogP contribution in [-0.2, 0) is 31.4 Å². The van der Waals surface area contributed by atoms with E-state index in [0.29, 0.717) is 11.6 Å². The fraction of sp³-hybridized carbons (Fsp3) is 0.500. The SMILES string of the molecule is Cc1nnc(C(=O)NCc2nn(C)c3c2CNCC3)s1.O=C(O)C(F)(F)F. The van der Waals surface area contributed by atoms with Gasteiger partial charge >= 0.3 is 12.1 Å². The van der Waals surface area contributed by atoms with Gasteiger partial charge in [-0.15, -0.1) is 10.2 Å². The number of aliphatic carboxylic acids is 1. The highest BCUT2D eigenvalue weighted by molar-refractivity contribution is 7.13. The largest absolute Gasteiger partial charge is 0.490 e. The molecule has 148 valence electrons. The van der Waals surface area contributed by atoms with E-state index in [9.17, 15) is 18.0 Å². The van der Waals surface area contributed by atoms with Crippen LogP contribution in [0.1, 0.15) is 31.8 Å². The van der Waals surface area contributed by atoms with Gasteiger partial charge in [0.1, 0.15) is 5.01 Å². The molecule has 0 radical (unpaired) electrons. The lowest BCUT2D eigenvalue weighted by Gasteiger charge is -2.14. The van der Waals surface area contributed by atoms with Crippen LogP contribution in [0.4, 0.5) is 13.2 Å². The van der Waals surface area contributed by atoms with Crippen molar-refractivity contribution in [3.8, 4) is 0 Å². The van der Waals surface area contributed by atoms with Gasteiger partial charge in [-0.25, -0.2) is 4.79 Å². The number of carboxylic acids is 1. The van der Waals surface area contributed by atoms with Crippen LogP contribution in [0.3, 0.4) is 0 Å². The second-order valence-electron chi connectivity index (χ2n) is 5.53. The number of alkyl halides is 3. The number of hydrogen-bond donors (Lipinski definition) is 3. The van der Waals surface area contributed by atoms with Gasteiger partial charge in [0.2, 0.25) is 5.01 Å². The van der Waals surface area contributed by atoms with E-state index in [1.807, 2.05) is 18.7 Å². The minimum atomic E-state index is -5.08. The van der Waals surface area contributed by atoms with Crippen molar-refractivity contribution in [1.29, 1.82) is 0 Å². The van der Waals surface area contributed by atoms with Gasteiger partial charge in [-0.05, 0) is 6.92 Å². The molecule has 2 aromatic rings. The summed E-state index contributed by atoms with van der Waals surface area (Å²) in [5, 5.41) is 26.7. The molecule has 0 bridgehead atoms. The predicted octanol–water partition coefficient (Wildman–Crippen LogP) is 0.789. The van der Waals surface area contributed by atoms with Gasteiger partial charge in [0, 0.05) is 37.8 Å². The Morgan fingerprint density at radius 3 is 2.59 bits per heavy atom. The number of halogens is 3. The minimum absolute atomic E-state index is 0.196. The number of amides is 1. The first-order chi connectivity index (χ1) is 12.6. The molecule has 0 saturated heterocycles. The third-order valence-corrected chi connectivity index (χ3v) is 4.42. The molecule has 0 spiro atoms. The van der Waals surface area contributed by atoms with Crippen molar-refractivity contribution in [3.05, 3.63) is 27.0 Å². The predicted molar refractivity (Wildman–Crippen MR) is 88.1 cm³/mol.